The molecule has 33 heavy (non-hydrogen) atoms. The highest BCUT2D eigenvalue weighted by Gasteiger charge is 2.24. The van der Waals surface area contributed by atoms with Gasteiger partial charge in [-0.25, -0.2) is 22.4 Å². The second kappa shape index (κ2) is 8.23. The number of nitriles is 1. The molecule has 0 saturated carbocycles. The number of benzene rings is 1. The first-order valence-electron chi connectivity index (χ1n) is 10.1. The van der Waals surface area contributed by atoms with Gasteiger partial charge in [0.25, 0.3) is 6.43 Å². The number of nitrogens with zero attached hydrogens (tertiary/aromatic N) is 7. The second-order valence-electron chi connectivity index (χ2n) is 8.25. The molecular formula is C21H21F3N8O. The van der Waals surface area contributed by atoms with Gasteiger partial charge in [0.1, 0.15) is 17.1 Å². The van der Waals surface area contributed by atoms with Crippen LogP contribution in [0.5, 0.6) is 5.88 Å². The van der Waals surface area contributed by atoms with Crippen LogP contribution in [0.15, 0.2) is 24.4 Å². The topological polar surface area (TPSA) is 106 Å². The number of anilines is 1. The highest BCUT2D eigenvalue weighted by molar-refractivity contribution is 5.89. The van der Waals surface area contributed by atoms with E-state index in [1.54, 1.807) is 32.0 Å². The van der Waals surface area contributed by atoms with Crippen molar-refractivity contribution in [3.05, 3.63) is 30.2 Å². The first-order chi connectivity index (χ1) is 15.6. The van der Waals surface area contributed by atoms with Crippen molar-refractivity contribution in [2.24, 2.45) is 5.41 Å². The van der Waals surface area contributed by atoms with Gasteiger partial charge in [-0.1, -0.05) is 11.3 Å². The number of fused-ring (bicyclic) bond motifs is 2. The molecule has 0 aliphatic rings. The summed E-state index contributed by atoms with van der Waals surface area (Å²) in [5, 5.41) is 24.2. The Hall–Kier alpha value is -3.88. The van der Waals surface area contributed by atoms with Crippen molar-refractivity contribution in [3.63, 3.8) is 0 Å². The zero-order valence-corrected chi connectivity index (χ0v) is 18.3. The molecule has 0 unspecified atom stereocenters. The van der Waals surface area contributed by atoms with Gasteiger partial charge in [-0.15, -0.1) is 10.2 Å². The fraction of sp³-hybridized carbons (Fsp3) is 0.381. The minimum atomic E-state index is -2.64. The van der Waals surface area contributed by atoms with E-state index in [4.69, 9.17) is 4.74 Å². The average molecular weight is 458 g/mol. The molecule has 0 bridgehead atoms. The Balaban J connectivity index is 1.83. The first-order valence-corrected chi connectivity index (χ1v) is 10.1. The Morgan fingerprint density at radius 2 is 2.06 bits per heavy atom. The van der Waals surface area contributed by atoms with E-state index in [2.05, 4.69) is 31.8 Å². The first kappa shape index (κ1) is 22.3. The molecule has 3 heterocycles. The van der Waals surface area contributed by atoms with Crippen molar-refractivity contribution in [1.82, 2.24) is 29.6 Å². The number of hydrogen-bond acceptors (Lipinski definition) is 7. The van der Waals surface area contributed by atoms with Gasteiger partial charge in [-0.2, -0.15) is 10.2 Å². The molecule has 4 aromatic rings. The number of ether oxygens (including phenoxy) is 1. The van der Waals surface area contributed by atoms with Crippen LogP contribution in [-0.2, 0) is 0 Å². The van der Waals surface area contributed by atoms with Crippen LogP contribution in [0.2, 0.25) is 0 Å². The maximum Gasteiger partial charge on any atom is 0.260 e. The molecule has 0 fully saturated rings. The molecule has 12 heteroatoms. The third-order valence-electron chi connectivity index (χ3n) is 5.25. The highest BCUT2D eigenvalue weighted by Crippen LogP contribution is 2.35. The quantitative estimate of drug-likeness (QED) is 0.445. The van der Waals surface area contributed by atoms with E-state index in [-0.39, 0.29) is 29.5 Å². The molecule has 1 aromatic carbocycles. The Labute approximate surface area is 186 Å². The highest BCUT2D eigenvalue weighted by atomic mass is 19.3. The molecule has 1 N–H and O–H groups in total. The van der Waals surface area contributed by atoms with Crippen LogP contribution in [-0.4, -0.2) is 49.7 Å². The van der Waals surface area contributed by atoms with Gasteiger partial charge in [0.05, 0.1) is 35.9 Å². The van der Waals surface area contributed by atoms with E-state index >= 15 is 4.39 Å². The molecule has 0 aliphatic carbocycles. The van der Waals surface area contributed by atoms with Gasteiger partial charge in [0.2, 0.25) is 11.8 Å². The summed E-state index contributed by atoms with van der Waals surface area (Å²) in [6.07, 6.45) is -1.46. The maximum absolute atomic E-state index is 15.1. The van der Waals surface area contributed by atoms with E-state index in [0.29, 0.717) is 16.6 Å². The lowest BCUT2D eigenvalue weighted by molar-refractivity contribution is 0.0866. The molecule has 172 valence electrons. The molecule has 3 aromatic heterocycles. The van der Waals surface area contributed by atoms with Crippen molar-refractivity contribution in [2.75, 3.05) is 19.0 Å². The molecule has 0 saturated heterocycles. The van der Waals surface area contributed by atoms with Crippen molar-refractivity contribution in [2.45, 2.75) is 33.2 Å². The predicted octanol–water partition coefficient (Wildman–Crippen LogP) is 4.08. The van der Waals surface area contributed by atoms with Gasteiger partial charge in [-0.3, -0.25) is 0 Å². The number of halogens is 3. The lowest BCUT2D eigenvalue weighted by Gasteiger charge is -2.16. The van der Waals surface area contributed by atoms with Gasteiger partial charge in [0, 0.05) is 6.54 Å². The summed E-state index contributed by atoms with van der Waals surface area (Å²) in [6, 6.07) is 5.72. The van der Waals surface area contributed by atoms with Crippen LogP contribution < -0.4 is 10.1 Å². The molecule has 0 amide bonds. The fourth-order valence-electron chi connectivity index (χ4n) is 3.35. The third kappa shape index (κ3) is 4.02. The normalized spacial score (nSPS) is 12.9. The van der Waals surface area contributed by atoms with Crippen LogP contribution in [0.3, 0.4) is 0 Å². The summed E-state index contributed by atoms with van der Waals surface area (Å²) < 4.78 is 49.4. The molecular weight excluding hydrogens is 437 g/mol. The van der Waals surface area contributed by atoms with Gasteiger partial charge >= 0.3 is 0 Å². The lowest BCUT2D eigenvalue weighted by Crippen LogP contribution is -2.22. The standard InChI is InChI=1S/C21H21F3N8O/c1-11(18(23)24)32-15-7-12(5-6-14(15)28-30-32)16-13(22)8-31-17(16)19(33-4)27-20(29-31)26-10-21(2,3)9-25/h5-8,11,18H,10H2,1-4H3,(H,26,29)/t11-/m1/s1. The van der Waals surface area contributed by atoms with E-state index in [9.17, 15) is 14.0 Å². The number of nitrogens with one attached hydrogen (secondary N) is 1. The Kier molecular flexibility index (Phi) is 5.57. The van der Waals surface area contributed by atoms with Crippen LogP contribution in [0.1, 0.15) is 26.8 Å². The molecule has 0 aliphatic heterocycles. The van der Waals surface area contributed by atoms with Crippen LogP contribution >= 0.6 is 0 Å². The molecule has 9 nitrogen and oxygen atoms in total. The van der Waals surface area contributed by atoms with E-state index < -0.39 is 23.7 Å². The van der Waals surface area contributed by atoms with Gasteiger partial charge in [-0.05, 0) is 38.5 Å². The van der Waals surface area contributed by atoms with Crippen LogP contribution in [0.4, 0.5) is 19.1 Å². The summed E-state index contributed by atoms with van der Waals surface area (Å²) in [6.45, 7) is 5.12. The summed E-state index contributed by atoms with van der Waals surface area (Å²) in [5.41, 5.74) is 0.901. The molecule has 0 spiro atoms. The third-order valence-corrected chi connectivity index (χ3v) is 5.25. The minimum Gasteiger partial charge on any atom is -0.479 e. The van der Waals surface area contributed by atoms with Crippen molar-refractivity contribution < 1.29 is 17.9 Å². The number of methoxy groups -OCH3 is 1. The summed E-state index contributed by atoms with van der Waals surface area (Å²) in [7, 11) is 1.40. The smallest absolute Gasteiger partial charge is 0.260 e. The van der Waals surface area contributed by atoms with Crippen molar-refractivity contribution in [1.29, 1.82) is 5.26 Å². The van der Waals surface area contributed by atoms with Crippen LogP contribution in [0.25, 0.3) is 27.7 Å². The van der Waals surface area contributed by atoms with Gasteiger partial charge in [0.15, 0.2) is 5.82 Å². The average Bonchev–Trinajstić information content (AvgIpc) is 3.36. The summed E-state index contributed by atoms with van der Waals surface area (Å²) in [5.74, 6) is -0.334. The lowest BCUT2D eigenvalue weighted by atomic mass is 9.96. The number of alkyl halides is 2. The monoisotopic (exact) mass is 458 g/mol. The Morgan fingerprint density at radius 1 is 1.30 bits per heavy atom. The van der Waals surface area contributed by atoms with E-state index in [0.717, 1.165) is 4.68 Å². The molecule has 0 radical (unpaired) electrons. The number of aromatic nitrogens is 6. The van der Waals surface area contributed by atoms with Gasteiger partial charge < -0.3 is 10.1 Å². The Morgan fingerprint density at radius 3 is 2.73 bits per heavy atom. The Bertz CT molecular complexity index is 1370. The fourth-order valence-corrected chi connectivity index (χ4v) is 3.35. The molecule has 1 atom stereocenters. The summed E-state index contributed by atoms with van der Waals surface area (Å²) >= 11 is 0. The zero-order valence-electron chi connectivity index (χ0n) is 18.3. The maximum atomic E-state index is 15.1. The zero-order chi connectivity index (χ0) is 23.9. The minimum absolute atomic E-state index is 0.105. The second-order valence-corrected chi connectivity index (χ2v) is 8.25. The van der Waals surface area contributed by atoms with Crippen LogP contribution in [0, 0.1) is 22.6 Å². The number of hydrogen-bond donors (Lipinski definition) is 1. The van der Waals surface area contributed by atoms with Crippen molar-refractivity contribution >= 4 is 22.5 Å². The number of rotatable bonds is 7. The van der Waals surface area contributed by atoms with Crippen molar-refractivity contribution in [3.8, 4) is 23.1 Å². The van der Waals surface area contributed by atoms with E-state index in [1.807, 2.05) is 0 Å². The molecule has 4 rings (SSSR count). The van der Waals surface area contributed by atoms with E-state index in [1.165, 1.54) is 24.7 Å². The summed E-state index contributed by atoms with van der Waals surface area (Å²) in [4.78, 5) is 4.31. The predicted molar refractivity (Wildman–Crippen MR) is 115 cm³/mol. The largest absolute Gasteiger partial charge is 0.479 e. The SMILES string of the molecule is COc1nc(NCC(C)(C)C#N)nn2cc(F)c(-c3ccc4nnn([C@H](C)C(F)F)c4c3)c12.